The van der Waals surface area contributed by atoms with Gasteiger partial charge in [0.2, 0.25) is 0 Å². The molecule has 0 aliphatic carbocycles. The van der Waals surface area contributed by atoms with Crippen LogP contribution in [0.25, 0.3) is 0 Å². The Kier molecular flexibility index (Phi) is 75.8. The number of hydrogen-bond acceptors (Lipinski definition) is 15. The summed E-state index contributed by atoms with van der Waals surface area (Å²) in [6, 6.07) is 0. The molecule has 0 spiro atoms. The zero-order valence-corrected chi connectivity index (χ0v) is 69.3. The minimum Gasteiger partial charge on any atom is -0.462 e. The maximum Gasteiger partial charge on any atom is 0.472 e. The first kappa shape index (κ1) is 103. The number of phosphoric ester groups is 2. The fourth-order valence-corrected chi connectivity index (χ4v) is 12.1. The molecule has 0 saturated heterocycles. The maximum atomic E-state index is 13.1. The maximum absolute atomic E-state index is 13.1. The number of ether oxygens (including phenoxy) is 4. The first-order valence-corrected chi connectivity index (χ1v) is 44.7. The molecule has 0 aromatic carbocycles. The van der Waals surface area contributed by atoms with Crippen molar-refractivity contribution in [1.82, 2.24) is 0 Å². The molecule has 616 valence electrons. The van der Waals surface area contributed by atoms with Crippen LogP contribution in [0.3, 0.4) is 0 Å². The first-order chi connectivity index (χ1) is 52.7. The molecule has 0 heterocycles. The van der Waals surface area contributed by atoms with Crippen molar-refractivity contribution in [1.29, 1.82) is 0 Å². The van der Waals surface area contributed by atoms with Gasteiger partial charge in [0, 0.05) is 25.7 Å². The largest absolute Gasteiger partial charge is 0.472 e. The number of phosphoric acid groups is 2. The van der Waals surface area contributed by atoms with E-state index in [0.29, 0.717) is 38.5 Å². The van der Waals surface area contributed by atoms with Gasteiger partial charge in [-0.25, -0.2) is 9.13 Å². The number of carbonyl (C=O) groups excluding carboxylic acids is 4. The number of rotatable bonds is 77. The van der Waals surface area contributed by atoms with Gasteiger partial charge >= 0.3 is 39.5 Å². The topological polar surface area (TPSA) is 237 Å². The van der Waals surface area contributed by atoms with Crippen LogP contribution in [-0.2, 0) is 65.4 Å². The molecule has 19 heteroatoms. The van der Waals surface area contributed by atoms with Crippen LogP contribution < -0.4 is 0 Å². The molecule has 0 aromatic rings. The van der Waals surface area contributed by atoms with Crippen LogP contribution in [-0.4, -0.2) is 96.7 Å². The van der Waals surface area contributed by atoms with E-state index in [0.717, 1.165) is 135 Å². The first-order valence-electron chi connectivity index (χ1n) is 41.7. The molecule has 0 aliphatic rings. The lowest BCUT2D eigenvalue weighted by atomic mass is 10.1. The molecule has 0 aromatic heterocycles. The van der Waals surface area contributed by atoms with E-state index in [2.05, 4.69) is 149 Å². The third kappa shape index (κ3) is 78.8. The van der Waals surface area contributed by atoms with Crippen LogP contribution >= 0.6 is 15.6 Å². The monoisotopic (exact) mass is 1550 g/mol. The average molecular weight is 1550 g/mol. The Labute approximate surface area is 655 Å². The number of esters is 4. The van der Waals surface area contributed by atoms with Gasteiger partial charge in [-0.05, 0) is 161 Å². The van der Waals surface area contributed by atoms with E-state index in [1.165, 1.54) is 96.3 Å². The van der Waals surface area contributed by atoms with E-state index >= 15 is 0 Å². The lowest BCUT2D eigenvalue weighted by Gasteiger charge is -2.21. The van der Waals surface area contributed by atoms with Gasteiger partial charge in [0.15, 0.2) is 12.2 Å². The second-order valence-electron chi connectivity index (χ2n) is 27.3. The Morgan fingerprint density at radius 3 is 0.796 bits per heavy atom. The zero-order chi connectivity index (χ0) is 78.9. The fraction of sp³-hybridized carbons (Fsp3) is 0.663. The summed E-state index contributed by atoms with van der Waals surface area (Å²) in [6.07, 6.45) is 93.8. The van der Waals surface area contributed by atoms with Gasteiger partial charge in [0.25, 0.3) is 0 Å². The quantitative estimate of drug-likeness (QED) is 0.0169. The van der Waals surface area contributed by atoms with Crippen LogP contribution in [0.2, 0.25) is 0 Å². The summed E-state index contributed by atoms with van der Waals surface area (Å²) in [4.78, 5) is 73.1. The van der Waals surface area contributed by atoms with E-state index in [1.54, 1.807) is 0 Å². The van der Waals surface area contributed by atoms with Gasteiger partial charge in [-0.2, -0.15) is 0 Å². The van der Waals surface area contributed by atoms with E-state index in [-0.39, 0.29) is 25.7 Å². The molecule has 17 nitrogen and oxygen atoms in total. The highest BCUT2D eigenvalue weighted by Crippen LogP contribution is 2.45. The van der Waals surface area contributed by atoms with Crippen LogP contribution in [0, 0.1) is 0 Å². The Morgan fingerprint density at radius 2 is 0.472 bits per heavy atom. The van der Waals surface area contributed by atoms with Crippen molar-refractivity contribution in [2.75, 3.05) is 39.6 Å². The summed E-state index contributed by atoms with van der Waals surface area (Å²) < 4.78 is 68.5. The number of carbonyl (C=O) groups is 4. The molecular formula is C89H148O17P2. The lowest BCUT2D eigenvalue weighted by Crippen LogP contribution is -2.30. The van der Waals surface area contributed by atoms with Crippen LogP contribution in [0.5, 0.6) is 0 Å². The fourth-order valence-electron chi connectivity index (χ4n) is 10.6. The zero-order valence-electron chi connectivity index (χ0n) is 67.5. The van der Waals surface area contributed by atoms with E-state index in [1.807, 2.05) is 36.5 Å². The Bertz CT molecular complexity index is 2660. The molecule has 3 N–H and O–H groups in total. The third-order valence-electron chi connectivity index (χ3n) is 17.0. The second kappa shape index (κ2) is 79.8. The van der Waals surface area contributed by atoms with Crippen molar-refractivity contribution in [3.63, 3.8) is 0 Å². The van der Waals surface area contributed by atoms with Crippen molar-refractivity contribution in [3.8, 4) is 0 Å². The molecule has 0 radical (unpaired) electrons. The molecule has 5 atom stereocenters. The Balaban J connectivity index is 5.54. The molecule has 0 aliphatic heterocycles. The predicted octanol–water partition coefficient (Wildman–Crippen LogP) is 24.8. The number of hydrogen-bond donors (Lipinski definition) is 3. The summed E-state index contributed by atoms with van der Waals surface area (Å²) in [5.74, 6) is -2.40. The van der Waals surface area contributed by atoms with Crippen molar-refractivity contribution in [2.24, 2.45) is 0 Å². The van der Waals surface area contributed by atoms with Gasteiger partial charge in [0.05, 0.1) is 26.4 Å². The molecule has 0 amide bonds. The molecular weight excluding hydrogens is 1400 g/mol. The highest BCUT2D eigenvalue weighted by atomic mass is 31.2. The molecule has 0 saturated carbocycles. The van der Waals surface area contributed by atoms with Crippen molar-refractivity contribution in [2.45, 2.75) is 341 Å². The minimum absolute atomic E-state index is 0.0172. The number of aliphatic hydroxyl groups excluding tert-OH is 1. The molecule has 108 heavy (non-hydrogen) atoms. The predicted molar refractivity (Wildman–Crippen MR) is 445 cm³/mol. The smallest absolute Gasteiger partial charge is 0.462 e. The summed E-state index contributed by atoms with van der Waals surface area (Å²) >= 11 is 0. The highest BCUT2D eigenvalue weighted by Gasteiger charge is 2.30. The van der Waals surface area contributed by atoms with Crippen molar-refractivity contribution < 1.29 is 80.2 Å². The molecule has 0 bridgehead atoms. The summed E-state index contributed by atoms with van der Waals surface area (Å²) in [6.45, 7) is 4.60. The van der Waals surface area contributed by atoms with E-state index in [9.17, 15) is 43.2 Å². The lowest BCUT2D eigenvalue weighted by molar-refractivity contribution is -0.161. The van der Waals surface area contributed by atoms with Gasteiger partial charge < -0.3 is 33.8 Å². The van der Waals surface area contributed by atoms with Gasteiger partial charge in [-0.15, -0.1) is 0 Å². The molecule has 2 unspecified atom stereocenters. The number of unbranched alkanes of at least 4 members (excludes halogenated alkanes) is 25. The van der Waals surface area contributed by atoms with Crippen molar-refractivity contribution >= 4 is 39.5 Å². The van der Waals surface area contributed by atoms with E-state index in [4.69, 9.17) is 37.0 Å². The minimum atomic E-state index is -5.02. The van der Waals surface area contributed by atoms with E-state index < -0.39 is 97.5 Å². The highest BCUT2D eigenvalue weighted by molar-refractivity contribution is 7.47. The van der Waals surface area contributed by atoms with Crippen LogP contribution in [0.4, 0.5) is 0 Å². The Hall–Kier alpha value is -5.32. The average Bonchev–Trinajstić information content (AvgIpc) is 0.896. The molecule has 0 rings (SSSR count). The van der Waals surface area contributed by atoms with Gasteiger partial charge in [-0.1, -0.05) is 295 Å². The molecule has 0 fully saturated rings. The Morgan fingerprint density at radius 1 is 0.259 bits per heavy atom. The number of allylic oxidation sites excluding steroid dienone is 26. The van der Waals surface area contributed by atoms with Crippen molar-refractivity contribution in [3.05, 3.63) is 158 Å². The van der Waals surface area contributed by atoms with Crippen LogP contribution in [0.15, 0.2) is 158 Å². The normalized spacial score (nSPS) is 14.6. The summed E-state index contributed by atoms with van der Waals surface area (Å²) in [5, 5.41) is 10.7. The SMILES string of the molecule is CCCCC/C=C\C/C=C\C/C=C\C/C=C\C/C=C\CCC(=O)OC[C@H](COP(=O)(O)OC[C@@H](O)COP(=O)(O)OC[C@@H](COC(=O)CCCCCCC/C=C\CCCCCCCC)OC(=O)CCCCCCC/C=C\C/C=C\CCCCC)OC(=O)CC/C=C\C/C=C\C/C=C\C/C=C\C/C=C\CCCCC. The standard InChI is InChI=1S/C89H148O17P2/c1-5-9-13-17-21-25-29-33-37-39-41-43-47-50-54-58-62-66-70-74-87(92)100-80-85(106-89(94)76-72-68-64-60-56-52-48-44-42-40-38-34-30-26-22-18-14-10-6-2)82-104-108(97,98)102-78-83(90)77-101-107(95,96)103-81-84(105-88(93)75-71-67-63-59-55-51-46-36-32-28-24-20-16-12-8-4)79-99-86(91)73-69-65-61-57-53-49-45-35-31-27-23-19-15-11-7-3/h21-22,24-26,28,33-38,41-46,50,52,54,56,62,64,66,68,83-85,90H,5-20,23,27,29-32,39-40,47-49,51,53,55,57-61,63,65,67,69-82H2,1-4H3,(H,95,96)(H,97,98)/b25-21-,26-22-,28-24-,37-33-,38-34-,43-41-,44-42-,45-35-,46-36-,54-50-,56-52-,66-62-,68-64-/t83-,84+,85+/m0/s1. The summed E-state index contributed by atoms with van der Waals surface area (Å²) in [7, 11) is -10.0. The van der Waals surface area contributed by atoms with Crippen LogP contribution in [0.1, 0.15) is 323 Å². The van der Waals surface area contributed by atoms with Gasteiger partial charge in [-0.3, -0.25) is 37.3 Å². The third-order valence-corrected chi connectivity index (χ3v) is 18.9. The number of aliphatic hydroxyl groups is 1. The summed E-state index contributed by atoms with van der Waals surface area (Å²) in [5.41, 5.74) is 0. The second-order valence-corrected chi connectivity index (χ2v) is 30.3. The van der Waals surface area contributed by atoms with Gasteiger partial charge in [0.1, 0.15) is 19.3 Å².